The molecule has 0 aliphatic carbocycles. The van der Waals surface area contributed by atoms with Crippen molar-refractivity contribution in [2.24, 2.45) is 5.92 Å². The van der Waals surface area contributed by atoms with Crippen LogP contribution in [-0.2, 0) is 9.59 Å². The molecule has 3 rings (SSSR count). The molecule has 1 fully saturated rings. The standard InChI is InChI=1S/C19H19FN2O2/c1-12-7-13(2)9-15(8-12)22-11-14(10-18(22)23)19(24)21-17-6-4-3-5-16(17)20/h3-9,14H,10-11H2,1-2H3,(H,21,24). The van der Waals surface area contributed by atoms with E-state index in [1.54, 1.807) is 17.0 Å². The zero-order valence-electron chi connectivity index (χ0n) is 13.7. The number of amides is 2. The molecule has 1 atom stereocenters. The Hall–Kier alpha value is -2.69. The molecule has 0 bridgehead atoms. The quantitative estimate of drug-likeness (QED) is 0.939. The maximum Gasteiger partial charge on any atom is 0.229 e. The predicted octanol–water partition coefficient (Wildman–Crippen LogP) is 3.43. The molecule has 1 saturated heterocycles. The van der Waals surface area contributed by atoms with Gasteiger partial charge >= 0.3 is 0 Å². The molecule has 0 spiro atoms. The van der Waals surface area contributed by atoms with E-state index in [4.69, 9.17) is 0 Å². The molecule has 1 aliphatic heterocycles. The molecule has 1 heterocycles. The van der Waals surface area contributed by atoms with Crippen LogP contribution in [0.1, 0.15) is 17.5 Å². The molecule has 0 radical (unpaired) electrons. The molecule has 0 saturated carbocycles. The van der Waals surface area contributed by atoms with Gasteiger partial charge in [-0.2, -0.15) is 0 Å². The molecule has 1 unspecified atom stereocenters. The van der Waals surface area contributed by atoms with Gasteiger partial charge in [0.25, 0.3) is 0 Å². The summed E-state index contributed by atoms with van der Waals surface area (Å²) in [6.07, 6.45) is 0.132. The summed E-state index contributed by atoms with van der Waals surface area (Å²) >= 11 is 0. The monoisotopic (exact) mass is 326 g/mol. The third-order valence-electron chi connectivity index (χ3n) is 4.15. The summed E-state index contributed by atoms with van der Waals surface area (Å²) in [5.41, 5.74) is 3.08. The van der Waals surface area contributed by atoms with Crippen molar-refractivity contribution >= 4 is 23.2 Å². The maximum atomic E-state index is 13.7. The number of nitrogens with zero attached hydrogens (tertiary/aromatic N) is 1. The molecule has 24 heavy (non-hydrogen) atoms. The van der Waals surface area contributed by atoms with Crippen molar-refractivity contribution in [2.45, 2.75) is 20.3 Å². The first-order chi connectivity index (χ1) is 11.4. The van der Waals surface area contributed by atoms with Crippen molar-refractivity contribution in [2.75, 3.05) is 16.8 Å². The van der Waals surface area contributed by atoms with E-state index in [0.717, 1.165) is 16.8 Å². The van der Waals surface area contributed by atoms with Crippen molar-refractivity contribution in [1.29, 1.82) is 0 Å². The summed E-state index contributed by atoms with van der Waals surface area (Å²) < 4.78 is 13.7. The van der Waals surface area contributed by atoms with Crippen LogP contribution in [0.25, 0.3) is 0 Å². The molecule has 1 aliphatic rings. The summed E-state index contributed by atoms with van der Waals surface area (Å²) in [7, 11) is 0. The number of nitrogens with one attached hydrogen (secondary N) is 1. The third-order valence-corrected chi connectivity index (χ3v) is 4.15. The smallest absolute Gasteiger partial charge is 0.229 e. The first-order valence-corrected chi connectivity index (χ1v) is 7.88. The number of carbonyl (C=O) groups excluding carboxylic acids is 2. The lowest BCUT2D eigenvalue weighted by Crippen LogP contribution is -2.28. The van der Waals surface area contributed by atoms with Gasteiger partial charge in [-0.3, -0.25) is 9.59 Å². The van der Waals surface area contributed by atoms with Gasteiger partial charge in [0.15, 0.2) is 0 Å². The maximum absolute atomic E-state index is 13.7. The van der Waals surface area contributed by atoms with E-state index in [9.17, 15) is 14.0 Å². The fourth-order valence-corrected chi connectivity index (χ4v) is 3.04. The summed E-state index contributed by atoms with van der Waals surface area (Å²) in [5.74, 6) is -1.40. The van der Waals surface area contributed by atoms with Crippen molar-refractivity contribution in [3.63, 3.8) is 0 Å². The highest BCUT2D eigenvalue weighted by Gasteiger charge is 2.35. The molecular weight excluding hydrogens is 307 g/mol. The normalized spacial score (nSPS) is 17.2. The molecular formula is C19H19FN2O2. The second-order valence-corrected chi connectivity index (χ2v) is 6.22. The molecule has 0 aromatic heterocycles. The average Bonchev–Trinajstić information content (AvgIpc) is 2.91. The van der Waals surface area contributed by atoms with Gasteiger partial charge in [0.05, 0.1) is 11.6 Å². The first kappa shape index (κ1) is 16.2. The molecule has 2 aromatic carbocycles. The lowest BCUT2D eigenvalue weighted by atomic mass is 10.1. The second-order valence-electron chi connectivity index (χ2n) is 6.22. The van der Waals surface area contributed by atoms with E-state index in [1.165, 1.54) is 12.1 Å². The summed E-state index contributed by atoms with van der Waals surface area (Å²) in [5, 5.41) is 2.57. The molecule has 2 aromatic rings. The van der Waals surface area contributed by atoms with Crippen LogP contribution < -0.4 is 10.2 Å². The largest absolute Gasteiger partial charge is 0.323 e. The van der Waals surface area contributed by atoms with Crippen LogP contribution in [0.2, 0.25) is 0 Å². The topological polar surface area (TPSA) is 49.4 Å². The zero-order chi connectivity index (χ0) is 17.3. The number of hydrogen-bond donors (Lipinski definition) is 1. The van der Waals surface area contributed by atoms with Gasteiger partial charge in [0.1, 0.15) is 5.82 Å². The van der Waals surface area contributed by atoms with Crippen LogP contribution in [-0.4, -0.2) is 18.4 Å². The molecule has 5 heteroatoms. The number of anilines is 2. The van der Waals surface area contributed by atoms with Gasteiger partial charge in [0.2, 0.25) is 11.8 Å². The number of carbonyl (C=O) groups is 2. The van der Waals surface area contributed by atoms with Gasteiger partial charge in [-0.1, -0.05) is 18.2 Å². The molecule has 4 nitrogen and oxygen atoms in total. The second kappa shape index (κ2) is 6.43. The van der Waals surface area contributed by atoms with E-state index in [2.05, 4.69) is 5.32 Å². The van der Waals surface area contributed by atoms with E-state index in [-0.39, 0.29) is 23.9 Å². The Bertz CT molecular complexity index is 783. The van der Waals surface area contributed by atoms with Crippen molar-refractivity contribution < 1.29 is 14.0 Å². The fourth-order valence-electron chi connectivity index (χ4n) is 3.04. The Balaban J connectivity index is 1.74. The number of para-hydroxylation sites is 1. The van der Waals surface area contributed by atoms with E-state index in [1.807, 2.05) is 32.0 Å². The lowest BCUT2D eigenvalue weighted by molar-refractivity contribution is -0.122. The fraction of sp³-hybridized carbons (Fsp3) is 0.263. The lowest BCUT2D eigenvalue weighted by Gasteiger charge is -2.18. The SMILES string of the molecule is Cc1cc(C)cc(N2CC(C(=O)Nc3ccccc3F)CC2=O)c1. The van der Waals surface area contributed by atoms with E-state index < -0.39 is 11.7 Å². The highest BCUT2D eigenvalue weighted by atomic mass is 19.1. The summed E-state index contributed by atoms with van der Waals surface area (Å²) in [4.78, 5) is 26.3. The Morgan fingerprint density at radius 2 is 1.83 bits per heavy atom. The van der Waals surface area contributed by atoms with Gasteiger partial charge in [-0.05, 0) is 49.2 Å². The van der Waals surface area contributed by atoms with Crippen LogP contribution >= 0.6 is 0 Å². The van der Waals surface area contributed by atoms with Gasteiger partial charge in [-0.25, -0.2) is 4.39 Å². The Morgan fingerprint density at radius 3 is 2.50 bits per heavy atom. The number of benzene rings is 2. The van der Waals surface area contributed by atoms with Crippen LogP contribution in [0, 0.1) is 25.6 Å². The minimum atomic E-state index is -0.488. The van der Waals surface area contributed by atoms with Crippen molar-refractivity contribution in [1.82, 2.24) is 0 Å². The minimum Gasteiger partial charge on any atom is -0.323 e. The minimum absolute atomic E-state index is 0.0892. The number of hydrogen-bond acceptors (Lipinski definition) is 2. The molecule has 1 N–H and O–H groups in total. The van der Waals surface area contributed by atoms with Crippen molar-refractivity contribution in [3.05, 3.63) is 59.4 Å². The summed E-state index contributed by atoms with van der Waals surface area (Å²) in [6, 6.07) is 11.9. The van der Waals surface area contributed by atoms with Gasteiger partial charge in [0, 0.05) is 18.7 Å². The molecule has 124 valence electrons. The van der Waals surface area contributed by atoms with Gasteiger partial charge < -0.3 is 10.2 Å². The predicted molar refractivity (Wildman–Crippen MR) is 91.4 cm³/mol. The van der Waals surface area contributed by atoms with Crippen LogP contribution in [0.4, 0.5) is 15.8 Å². The Morgan fingerprint density at radius 1 is 1.17 bits per heavy atom. The van der Waals surface area contributed by atoms with E-state index in [0.29, 0.717) is 6.54 Å². The highest BCUT2D eigenvalue weighted by Crippen LogP contribution is 2.28. The highest BCUT2D eigenvalue weighted by molar-refractivity contribution is 6.03. The van der Waals surface area contributed by atoms with Gasteiger partial charge in [-0.15, -0.1) is 0 Å². The van der Waals surface area contributed by atoms with E-state index >= 15 is 0 Å². The van der Waals surface area contributed by atoms with Crippen LogP contribution in [0.15, 0.2) is 42.5 Å². The third kappa shape index (κ3) is 3.30. The van der Waals surface area contributed by atoms with Crippen LogP contribution in [0.5, 0.6) is 0 Å². The van der Waals surface area contributed by atoms with Crippen molar-refractivity contribution in [3.8, 4) is 0 Å². The Labute approximate surface area is 140 Å². The zero-order valence-corrected chi connectivity index (χ0v) is 13.7. The first-order valence-electron chi connectivity index (χ1n) is 7.88. The Kier molecular flexibility index (Phi) is 4.34. The number of aryl methyl sites for hydroxylation is 2. The molecule has 2 amide bonds. The number of rotatable bonds is 3. The summed E-state index contributed by atoms with van der Waals surface area (Å²) in [6.45, 7) is 4.25. The van der Waals surface area contributed by atoms with Crippen LogP contribution in [0.3, 0.4) is 0 Å². The average molecular weight is 326 g/mol. The number of halogens is 1.